The lowest BCUT2D eigenvalue weighted by atomic mass is 9.81. The topological polar surface area (TPSA) is 31.4 Å². The second kappa shape index (κ2) is 5.86. The maximum atomic E-state index is 12.6. The summed E-state index contributed by atoms with van der Waals surface area (Å²) in [5, 5.41) is 0. The minimum absolute atomic E-state index is 0.0949. The first-order valence-corrected chi connectivity index (χ1v) is 5.89. The van der Waals surface area contributed by atoms with Crippen molar-refractivity contribution in [3.8, 4) is 11.5 Å². The van der Waals surface area contributed by atoms with Crippen LogP contribution in [0.5, 0.6) is 11.5 Å². The van der Waals surface area contributed by atoms with Gasteiger partial charge in [0.25, 0.3) is 0 Å². The van der Waals surface area contributed by atoms with E-state index < -0.39 is 12.4 Å². The van der Waals surface area contributed by atoms with Crippen molar-refractivity contribution < 1.29 is 22.4 Å². The number of methoxy groups -OCH3 is 1. The van der Waals surface area contributed by atoms with E-state index in [9.17, 15) is 12.9 Å². The number of aromatic nitrogens is 1. The summed E-state index contributed by atoms with van der Waals surface area (Å²) in [6, 6.07) is 8.03. The maximum Gasteiger partial charge on any atom is 0.511 e. The lowest BCUT2D eigenvalue weighted by Gasteiger charge is -2.15. The van der Waals surface area contributed by atoms with Gasteiger partial charge in [0, 0.05) is 6.20 Å². The molecule has 7 heteroatoms. The van der Waals surface area contributed by atoms with E-state index in [1.165, 1.54) is 6.20 Å². The average molecular weight is 282 g/mol. The summed E-state index contributed by atoms with van der Waals surface area (Å²) in [6.45, 7) is -4.90. The molecule has 0 N–H and O–H groups in total. The maximum absolute atomic E-state index is 12.6. The molecule has 0 unspecified atom stereocenters. The Morgan fingerprint density at radius 2 is 1.75 bits per heavy atom. The first kappa shape index (κ1) is 14.2. The number of rotatable bonds is 5. The third-order valence-corrected chi connectivity index (χ3v) is 2.68. The van der Waals surface area contributed by atoms with E-state index in [1.807, 2.05) is 0 Å². The first-order valence-electron chi connectivity index (χ1n) is 5.89. The average Bonchev–Trinajstić information content (AvgIpc) is 2.45. The van der Waals surface area contributed by atoms with Crippen LogP contribution in [-0.2, 0) is 6.61 Å². The fourth-order valence-corrected chi connectivity index (χ4v) is 1.58. The molecular formula is C13H12BF3NO2-. The van der Waals surface area contributed by atoms with Crippen molar-refractivity contribution in [2.45, 2.75) is 6.61 Å². The molecule has 106 valence electrons. The van der Waals surface area contributed by atoms with Gasteiger partial charge in [-0.1, -0.05) is 17.6 Å². The number of hydrogen-bond donors (Lipinski definition) is 0. The SMILES string of the molecule is COc1ccc(COc2cncc([B-](F)(F)F)c2)cc1. The Balaban J connectivity index is 2.03. The number of benzene rings is 1. The molecule has 1 aromatic carbocycles. The quantitative estimate of drug-likeness (QED) is 0.790. The molecule has 0 saturated heterocycles. The van der Waals surface area contributed by atoms with Crippen molar-refractivity contribution in [1.29, 1.82) is 0 Å². The van der Waals surface area contributed by atoms with Crippen molar-refractivity contribution in [3.05, 3.63) is 48.3 Å². The fraction of sp³-hybridized carbons (Fsp3) is 0.154. The minimum Gasteiger partial charge on any atom is -0.497 e. The summed E-state index contributed by atoms with van der Waals surface area (Å²) in [5.74, 6) is 0.801. The van der Waals surface area contributed by atoms with Gasteiger partial charge in [0.2, 0.25) is 0 Å². The molecule has 2 aromatic rings. The van der Waals surface area contributed by atoms with Crippen molar-refractivity contribution >= 4 is 12.4 Å². The smallest absolute Gasteiger partial charge is 0.497 e. The zero-order chi connectivity index (χ0) is 14.6. The molecule has 0 aliphatic rings. The van der Waals surface area contributed by atoms with Gasteiger partial charge in [-0.3, -0.25) is 4.98 Å². The lowest BCUT2D eigenvalue weighted by molar-refractivity contribution is 0.305. The van der Waals surface area contributed by atoms with Gasteiger partial charge >= 0.3 is 6.98 Å². The van der Waals surface area contributed by atoms with Crippen LogP contribution in [0.15, 0.2) is 42.7 Å². The second-order valence-corrected chi connectivity index (χ2v) is 4.17. The van der Waals surface area contributed by atoms with E-state index in [4.69, 9.17) is 9.47 Å². The predicted octanol–water partition coefficient (Wildman–Crippen LogP) is 2.72. The van der Waals surface area contributed by atoms with Crippen LogP contribution in [0.25, 0.3) is 0 Å². The van der Waals surface area contributed by atoms with Gasteiger partial charge in [-0.05, 0) is 23.8 Å². The molecule has 0 fully saturated rings. The molecule has 0 spiro atoms. The highest BCUT2D eigenvalue weighted by Crippen LogP contribution is 2.16. The number of ether oxygens (including phenoxy) is 2. The summed E-state index contributed by atoms with van der Waals surface area (Å²) >= 11 is 0. The van der Waals surface area contributed by atoms with Crippen LogP contribution < -0.4 is 14.9 Å². The Morgan fingerprint density at radius 1 is 1.05 bits per heavy atom. The molecule has 0 bridgehead atoms. The van der Waals surface area contributed by atoms with E-state index >= 15 is 0 Å². The zero-order valence-corrected chi connectivity index (χ0v) is 10.7. The molecule has 1 heterocycles. The molecule has 3 nitrogen and oxygen atoms in total. The van der Waals surface area contributed by atoms with E-state index in [1.54, 1.807) is 31.4 Å². The number of pyridine rings is 1. The normalized spacial score (nSPS) is 11.2. The van der Waals surface area contributed by atoms with Gasteiger partial charge in [0.05, 0.1) is 13.3 Å². The van der Waals surface area contributed by atoms with Crippen LogP contribution in [0.2, 0.25) is 0 Å². The van der Waals surface area contributed by atoms with Crippen LogP contribution in [0.4, 0.5) is 12.9 Å². The summed E-state index contributed by atoms with van der Waals surface area (Å²) in [4.78, 5) is 3.54. The van der Waals surface area contributed by atoms with Gasteiger partial charge in [-0.15, -0.1) is 0 Å². The number of nitrogens with zero attached hydrogens (tertiary/aromatic N) is 1. The predicted molar refractivity (Wildman–Crippen MR) is 70.3 cm³/mol. The number of halogens is 3. The Labute approximate surface area is 114 Å². The molecular weight excluding hydrogens is 270 g/mol. The highest BCUT2D eigenvalue weighted by atomic mass is 19.4. The largest absolute Gasteiger partial charge is 0.511 e. The number of hydrogen-bond acceptors (Lipinski definition) is 3. The molecule has 0 amide bonds. The van der Waals surface area contributed by atoms with E-state index in [2.05, 4.69) is 4.98 Å². The van der Waals surface area contributed by atoms with Crippen molar-refractivity contribution in [3.63, 3.8) is 0 Å². The first-order chi connectivity index (χ1) is 9.49. The van der Waals surface area contributed by atoms with Crippen molar-refractivity contribution in [1.82, 2.24) is 4.98 Å². The summed E-state index contributed by atoms with van der Waals surface area (Å²) in [5.41, 5.74) is 0.0611. The zero-order valence-electron chi connectivity index (χ0n) is 10.7. The van der Waals surface area contributed by atoms with Gasteiger partial charge in [0.1, 0.15) is 18.1 Å². The van der Waals surface area contributed by atoms with Gasteiger partial charge in [0.15, 0.2) is 0 Å². The van der Waals surface area contributed by atoms with Crippen molar-refractivity contribution in [2.75, 3.05) is 7.11 Å². The summed E-state index contributed by atoms with van der Waals surface area (Å²) in [7, 11) is 1.56. The monoisotopic (exact) mass is 282 g/mol. The Bertz CT molecular complexity index is 573. The minimum atomic E-state index is -5.06. The second-order valence-electron chi connectivity index (χ2n) is 4.17. The van der Waals surface area contributed by atoms with E-state index in [-0.39, 0.29) is 12.4 Å². The molecule has 1 aromatic heterocycles. The molecule has 0 aliphatic carbocycles. The van der Waals surface area contributed by atoms with Crippen LogP contribution >= 0.6 is 0 Å². The van der Waals surface area contributed by atoms with Crippen LogP contribution in [-0.4, -0.2) is 19.1 Å². The highest BCUT2D eigenvalue weighted by molar-refractivity contribution is 6.73. The fourth-order valence-electron chi connectivity index (χ4n) is 1.58. The standard InChI is InChI=1S/C13H12BF3NO2/c1-19-12-4-2-10(3-5-12)9-20-13-6-11(7-18-8-13)14(15,16)17/h2-8H,9H2,1H3/q-1. The highest BCUT2D eigenvalue weighted by Gasteiger charge is 2.26. The lowest BCUT2D eigenvalue weighted by Crippen LogP contribution is -2.34. The molecule has 0 saturated carbocycles. The molecule has 20 heavy (non-hydrogen) atoms. The molecule has 0 radical (unpaired) electrons. The van der Waals surface area contributed by atoms with Crippen molar-refractivity contribution in [2.24, 2.45) is 0 Å². The Morgan fingerprint density at radius 3 is 2.35 bits per heavy atom. The third-order valence-electron chi connectivity index (χ3n) is 2.68. The summed E-state index contributed by atoms with van der Waals surface area (Å²) < 4.78 is 48.0. The van der Waals surface area contributed by atoms with E-state index in [0.29, 0.717) is 5.75 Å². The van der Waals surface area contributed by atoms with Gasteiger partial charge in [-0.25, -0.2) is 0 Å². The summed E-state index contributed by atoms with van der Waals surface area (Å²) in [6.07, 6.45) is 2.05. The van der Waals surface area contributed by atoms with E-state index in [0.717, 1.165) is 17.8 Å². The third kappa shape index (κ3) is 3.66. The van der Waals surface area contributed by atoms with Gasteiger partial charge < -0.3 is 22.4 Å². The Hall–Kier alpha value is -2.18. The molecule has 0 atom stereocenters. The van der Waals surface area contributed by atoms with Crippen LogP contribution in [0, 0.1) is 0 Å². The Kier molecular flexibility index (Phi) is 4.17. The van der Waals surface area contributed by atoms with Gasteiger partial charge in [-0.2, -0.15) is 0 Å². The van der Waals surface area contributed by atoms with Crippen LogP contribution in [0.3, 0.4) is 0 Å². The molecule has 2 rings (SSSR count). The molecule has 0 aliphatic heterocycles. The van der Waals surface area contributed by atoms with Crippen LogP contribution in [0.1, 0.15) is 5.56 Å².